The van der Waals surface area contributed by atoms with Crippen molar-refractivity contribution >= 4 is 5.97 Å². The summed E-state index contributed by atoms with van der Waals surface area (Å²) in [6.45, 7) is 3.29. The SMILES string of the molecule is C=CCC(C#N)C(=O)[O-]. The Bertz CT molecular complexity index is 157. The molecule has 0 fully saturated rings. The summed E-state index contributed by atoms with van der Waals surface area (Å²) in [6, 6.07) is 1.57. The van der Waals surface area contributed by atoms with E-state index in [4.69, 9.17) is 5.26 Å². The average molecular weight is 124 g/mol. The van der Waals surface area contributed by atoms with Crippen LogP contribution in [-0.4, -0.2) is 5.97 Å². The summed E-state index contributed by atoms with van der Waals surface area (Å²) in [6.07, 6.45) is 1.53. The van der Waals surface area contributed by atoms with Gasteiger partial charge in [0.15, 0.2) is 0 Å². The topological polar surface area (TPSA) is 63.9 Å². The average Bonchev–Trinajstić information content (AvgIpc) is 1.82. The van der Waals surface area contributed by atoms with Crippen LogP contribution >= 0.6 is 0 Å². The summed E-state index contributed by atoms with van der Waals surface area (Å²) in [5.41, 5.74) is 0. The fourth-order valence-corrected chi connectivity index (χ4v) is 0.368. The standard InChI is InChI=1S/C6H7NO2/c1-2-3-5(4-7)6(8)9/h2,5H,1,3H2,(H,8,9)/p-1. The maximum atomic E-state index is 9.94. The molecule has 0 aliphatic heterocycles. The number of carbonyl (C=O) groups is 1. The van der Waals surface area contributed by atoms with Gasteiger partial charge in [-0.25, -0.2) is 0 Å². The first-order valence-electron chi connectivity index (χ1n) is 2.43. The minimum Gasteiger partial charge on any atom is -0.549 e. The molecule has 0 radical (unpaired) electrons. The normalized spacial score (nSPS) is 11.4. The van der Waals surface area contributed by atoms with E-state index in [1.165, 1.54) is 6.08 Å². The van der Waals surface area contributed by atoms with Crippen molar-refractivity contribution in [2.24, 2.45) is 5.92 Å². The highest BCUT2D eigenvalue weighted by Crippen LogP contribution is 1.98. The molecule has 3 nitrogen and oxygen atoms in total. The van der Waals surface area contributed by atoms with Gasteiger partial charge in [-0.3, -0.25) is 0 Å². The molecule has 3 heteroatoms. The molecule has 0 spiro atoms. The van der Waals surface area contributed by atoms with Crippen LogP contribution in [0.25, 0.3) is 0 Å². The Morgan fingerprint density at radius 3 is 2.67 bits per heavy atom. The van der Waals surface area contributed by atoms with Crippen LogP contribution < -0.4 is 5.11 Å². The summed E-state index contributed by atoms with van der Waals surface area (Å²) < 4.78 is 0. The van der Waals surface area contributed by atoms with Gasteiger partial charge in [0.25, 0.3) is 0 Å². The van der Waals surface area contributed by atoms with Gasteiger partial charge in [-0.05, 0) is 6.42 Å². The van der Waals surface area contributed by atoms with Crippen LogP contribution in [0, 0.1) is 17.2 Å². The third kappa shape index (κ3) is 2.50. The van der Waals surface area contributed by atoms with Crippen LogP contribution in [0.15, 0.2) is 12.7 Å². The van der Waals surface area contributed by atoms with Gasteiger partial charge in [-0.1, -0.05) is 6.08 Å². The molecule has 0 saturated heterocycles. The molecule has 1 unspecified atom stereocenters. The van der Waals surface area contributed by atoms with Crippen LogP contribution in [-0.2, 0) is 4.79 Å². The fraction of sp³-hybridized carbons (Fsp3) is 0.333. The molecule has 0 aromatic heterocycles. The van der Waals surface area contributed by atoms with Gasteiger partial charge in [0.2, 0.25) is 0 Å². The van der Waals surface area contributed by atoms with Crippen molar-refractivity contribution in [1.29, 1.82) is 5.26 Å². The number of allylic oxidation sites excluding steroid dienone is 1. The maximum absolute atomic E-state index is 9.94. The molecular weight excluding hydrogens is 118 g/mol. The Labute approximate surface area is 53.2 Å². The van der Waals surface area contributed by atoms with Crippen LogP contribution in [0.1, 0.15) is 6.42 Å². The van der Waals surface area contributed by atoms with Crippen molar-refractivity contribution in [3.05, 3.63) is 12.7 Å². The highest BCUT2D eigenvalue weighted by molar-refractivity contribution is 5.70. The van der Waals surface area contributed by atoms with Crippen molar-refractivity contribution in [2.75, 3.05) is 0 Å². The Balaban J connectivity index is 3.86. The monoisotopic (exact) mass is 124 g/mol. The zero-order valence-corrected chi connectivity index (χ0v) is 4.83. The lowest BCUT2D eigenvalue weighted by atomic mass is 10.1. The minimum absolute atomic E-state index is 0.152. The van der Waals surface area contributed by atoms with Crippen LogP contribution in [0.5, 0.6) is 0 Å². The number of carbonyl (C=O) groups excluding carboxylic acids is 1. The van der Waals surface area contributed by atoms with Crippen molar-refractivity contribution < 1.29 is 9.90 Å². The van der Waals surface area contributed by atoms with E-state index in [0.717, 1.165) is 0 Å². The van der Waals surface area contributed by atoms with E-state index in [1.807, 2.05) is 0 Å². The lowest BCUT2D eigenvalue weighted by Gasteiger charge is -2.04. The highest BCUT2D eigenvalue weighted by Gasteiger charge is 2.03. The molecule has 9 heavy (non-hydrogen) atoms. The van der Waals surface area contributed by atoms with Gasteiger partial charge in [-0.15, -0.1) is 6.58 Å². The molecule has 0 saturated carbocycles. The summed E-state index contributed by atoms with van der Waals surface area (Å²) in [4.78, 5) is 9.94. The lowest BCUT2D eigenvalue weighted by Crippen LogP contribution is -2.29. The molecule has 48 valence electrons. The lowest BCUT2D eigenvalue weighted by molar-refractivity contribution is -0.309. The van der Waals surface area contributed by atoms with Gasteiger partial charge >= 0.3 is 0 Å². The summed E-state index contributed by atoms with van der Waals surface area (Å²) in [5.74, 6) is -2.38. The number of nitriles is 1. The van der Waals surface area contributed by atoms with E-state index >= 15 is 0 Å². The first-order chi connectivity index (χ1) is 4.22. The molecule has 0 aliphatic rings. The van der Waals surface area contributed by atoms with Gasteiger partial charge < -0.3 is 9.90 Å². The first kappa shape index (κ1) is 7.70. The molecule has 0 aliphatic carbocycles. The number of aliphatic carboxylic acids is 1. The van der Waals surface area contributed by atoms with E-state index in [9.17, 15) is 9.90 Å². The Morgan fingerprint density at radius 2 is 2.56 bits per heavy atom. The van der Waals surface area contributed by atoms with Gasteiger partial charge in [0, 0.05) is 0 Å². The van der Waals surface area contributed by atoms with Crippen molar-refractivity contribution in [1.82, 2.24) is 0 Å². The number of carboxylic acids is 1. The van der Waals surface area contributed by atoms with Gasteiger partial charge in [0.1, 0.15) is 0 Å². The molecule has 0 amide bonds. The molecular formula is C6H6NO2-. The van der Waals surface area contributed by atoms with Crippen molar-refractivity contribution in [2.45, 2.75) is 6.42 Å². The minimum atomic E-state index is -1.34. The third-order valence-electron chi connectivity index (χ3n) is 0.843. The summed E-state index contributed by atoms with van der Waals surface area (Å²) >= 11 is 0. The quantitative estimate of drug-likeness (QED) is 0.474. The van der Waals surface area contributed by atoms with E-state index in [1.54, 1.807) is 6.07 Å². The van der Waals surface area contributed by atoms with E-state index in [2.05, 4.69) is 6.58 Å². The molecule has 0 heterocycles. The predicted octanol–water partition coefficient (Wildman–Crippen LogP) is -0.548. The molecule has 0 bridgehead atoms. The Hall–Kier alpha value is -1.30. The van der Waals surface area contributed by atoms with Crippen molar-refractivity contribution in [3.63, 3.8) is 0 Å². The number of hydrogen-bond donors (Lipinski definition) is 0. The second-order valence-electron chi connectivity index (χ2n) is 1.53. The zero-order chi connectivity index (χ0) is 7.28. The highest BCUT2D eigenvalue weighted by atomic mass is 16.4. The second kappa shape index (κ2) is 3.67. The zero-order valence-electron chi connectivity index (χ0n) is 4.83. The number of hydrogen-bond acceptors (Lipinski definition) is 3. The van der Waals surface area contributed by atoms with E-state index in [-0.39, 0.29) is 6.42 Å². The number of rotatable bonds is 3. The van der Waals surface area contributed by atoms with Crippen LogP contribution in [0.3, 0.4) is 0 Å². The van der Waals surface area contributed by atoms with E-state index < -0.39 is 11.9 Å². The first-order valence-corrected chi connectivity index (χ1v) is 2.43. The molecule has 1 atom stereocenters. The van der Waals surface area contributed by atoms with Crippen molar-refractivity contribution in [3.8, 4) is 6.07 Å². The summed E-state index contributed by atoms with van der Waals surface area (Å²) in [5, 5.41) is 18.0. The number of carboxylic acid groups (broad SMARTS) is 1. The van der Waals surface area contributed by atoms with E-state index in [0.29, 0.717) is 0 Å². The summed E-state index contributed by atoms with van der Waals surface area (Å²) in [7, 11) is 0. The van der Waals surface area contributed by atoms with Crippen LogP contribution in [0.2, 0.25) is 0 Å². The fourth-order valence-electron chi connectivity index (χ4n) is 0.368. The number of nitrogens with zero attached hydrogens (tertiary/aromatic N) is 1. The molecule has 0 aromatic carbocycles. The third-order valence-corrected chi connectivity index (χ3v) is 0.843. The van der Waals surface area contributed by atoms with Gasteiger partial charge in [-0.2, -0.15) is 5.26 Å². The Morgan fingerprint density at radius 1 is 2.00 bits per heavy atom. The van der Waals surface area contributed by atoms with Gasteiger partial charge in [0.05, 0.1) is 18.0 Å². The second-order valence-corrected chi connectivity index (χ2v) is 1.53. The molecule has 0 aromatic rings. The van der Waals surface area contributed by atoms with Crippen LogP contribution in [0.4, 0.5) is 0 Å². The maximum Gasteiger partial charge on any atom is 0.0892 e. The predicted molar refractivity (Wildman–Crippen MR) is 28.9 cm³/mol. The Kier molecular flexibility index (Phi) is 3.14. The largest absolute Gasteiger partial charge is 0.549 e. The molecule has 0 N–H and O–H groups in total. The molecule has 0 rings (SSSR count). The smallest absolute Gasteiger partial charge is 0.0892 e.